The molecule has 0 aliphatic carbocycles. The molecule has 0 amide bonds. The molecule has 10 heteroatoms. The number of nitrogens with zero attached hydrogens (tertiary/aromatic N) is 7. The highest BCUT2D eigenvalue weighted by Gasteiger charge is 2.32. The van der Waals surface area contributed by atoms with Gasteiger partial charge in [0, 0.05) is 30.0 Å². The number of fused-ring (bicyclic) bond motifs is 1. The number of nitrogens with one attached hydrogen (secondary N) is 2. The minimum absolute atomic E-state index is 0.266. The molecule has 174 valence electrons. The maximum Gasteiger partial charge on any atom is 0.229 e. The van der Waals surface area contributed by atoms with Crippen molar-refractivity contribution >= 4 is 17.5 Å². The van der Waals surface area contributed by atoms with E-state index in [0.717, 1.165) is 17.9 Å². The molecule has 0 spiro atoms. The summed E-state index contributed by atoms with van der Waals surface area (Å²) in [4.78, 5) is 11.8. The van der Waals surface area contributed by atoms with Crippen LogP contribution >= 0.6 is 0 Å². The van der Waals surface area contributed by atoms with Crippen molar-refractivity contribution in [1.82, 2.24) is 35.1 Å². The highest BCUT2D eigenvalue weighted by atomic mass is 19.1. The van der Waals surface area contributed by atoms with Crippen molar-refractivity contribution in [3.05, 3.63) is 41.6 Å². The molecule has 2 aliphatic rings. The van der Waals surface area contributed by atoms with Gasteiger partial charge in [0.25, 0.3) is 0 Å². The fourth-order valence-electron chi connectivity index (χ4n) is 5.06. The third kappa shape index (κ3) is 4.66. The Bertz CT molecular complexity index is 1110. The number of halogens is 1. The fourth-order valence-corrected chi connectivity index (χ4v) is 5.06. The van der Waals surface area contributed by atoms with E-state index in [4.69, 9.17) is 4.98 Å². The molecule has 2 N–H and O–H groups in total. The molecule has 2 atom stereocenters. The Labute approximate surface area is 192 Å². The molecule has 4 heterocycles. The predicted octanol–water partition coefficient (Wildman–Crippen LogP) is 3.63. The van der Waals surface area contributed by atoms with E-state index in [2.05, 4.69) is 36.0 Å². The summed E-state index contributed by atoms with van der Waals surface area (Å²) in [7, 11) is 0. The summed E-state index contributed by atoms with van der Waals surface area (Å²) in [5.41, 5.74) is 1.92. The number of tetrazole rings is 1. The maximum atomic E-state index is 14.4. The largest absolute Gasteiger partial charge is 0.369 e. The first-order valence-corrected chi connectivity index (χ1v) is 11.7. The number of aromatic nitrogens is 6. The lowest BCUT2D eigenvalue weighted by Gasteiger charge is -2.44. The van der Waals surface area contributed by atoms with Gasteiger partial charge in [0.2, 0.25) is 5.95 Å². The Morgan fingerprint density at radius 3 is 2.85 bits per heavy atom. The lowest BCUT2D eigenvalue weighted by Crippen LogP contribution is -2.49. The third-order valence-electron chi connectivity index (χ3n) is 6.79. The zero-order valence-corrected chi connectivity index (χ0v) is 19.1. The van der Waals surface area contributed by atoms with Gasteiger partial charge in [0.15, 0.2) is 5.82 Å². The van der Waals surface area contributed by atoms with E-state index in [1.807, 2.05) is 6.92 Å². The summed E-state index contributed by atoms with van der Waals surface area (Å²) in [6.07, 6.45) is 8.30. The summed E-state index contributed by atoms with van der Waals surface area (Å²) < 4.78 is 15.7. The van der Waals surface area contributed by atoms with E-state index in [9.17, 15) is 4.39 Å². The third-order valence-corrected chi connectivity index (χ3v) is 6.79. The van der Waals surface area contributed by atoms with Crippen LogP contribution in [0.2, 0.25) is 0 Å². The van der Waals surface area contributed by atoms with Crippen LogP contribution in [0.4, 0.5) is 21.8 Å². The second-order valence-electron chi connectivity index (χ2n) is 9.04. The van der Waals surface area contributed by atoms with Crippen LogP contribution in [0, 0.1) is 25.6 Å². The van der Waals surface area contributed by atoms with Gasteiger partial charge in [0.1, 0.15) is 17.3 Å². The normalized spacial score (nSPS) is 20.9. The molecule has 2 fully saturated rings. The quantitative estimate of drug-likeness (QED) is 0.587. The van der Waals surface area contributed by atoms with E-state index in [0.29, 0.717) is 29.4 Å². The number of aryl methyl sites for hydroxylation is 2. The van der Waals surface area contributed by atoms with Crippen LogP contribution in [0.15, 0.2) is 24.4 Å². The molecule has 5 rings (SSSR count). The Morgan fingerprint density at radius 2 is 2.00 bits per heavy atom. The number of benzene rings is 1. The molecular formula is C23H30FN9. The van der Waals surface area contributed by atoms with Crippen molar-refractivity contribution in [1.29, 1.82) is 0 Å². The number of piperidine rings is 2. The van der Waals surface area contributed by atoms with E-state index >= 15 is 0 Å². The first-order valence-electron chi connectivity index (χ1n) is 11.7. The molecular weight excluding hydrogens is 421 g/mol. The van der Waals surface area contributed by atoms with Crippen molar-refractivity contribution in [3.63, 3.8) is 0 Å². The monoisotopic (exact) mass is 451 g/mol. The Kier molecular flexibility index (Phi) is 6.17. The number of anilines is 3. The average Bonchev–Trinajstić information content (AvgIpc) is 3.26. The maximum absolute atomic E-state index is 14.4. The smallest absolute Gasteiger partial charge is 0.229 e. The van der Waals surface area contributed by atoms with Crippen LogP contribution in [-0.2, 0) is 0 Å². The van der Waals surface area contributed by atoms with Gasteiger partial charge < -0.3 is 15.5 Å². The summed E-state index contributed by atoms with van der Waals surface area (Å²) >= 11 is 0. The number of rotatable bonds is 6. The molecule has 9 nitrogen and oxygen atoms in total. The van der Waals surface area contributed by atoms with Gasteiger partial charge in [-0.25, -0.2) is 9.37 Å². The van der Waals surface area contributed by atoms with Crippen molar-refractivity contribution in [2.45, 2.75) is 52.0 Å². The van der Waals surface area contributed by atoms with E-state index in [-0.39, 0.29) is 5.69 Å². The van der Waals surface area contributed by atoms with Crippen molar-refractivity contribution in [2.24, 2.45) is 5.92 Å². The van der Waals surface area contributed by atoms with Gasteiger partial charge in [-0.1, -0.05) is 6.42 Å². The molecule has 0 saturated carbocycles. The predicted molar refractivity (Wildman–Crippen MR) is 124 cm³/mol. The van der Waals surface area contributed by atoms with Crippen LogP contribution in [-0.4, -0.2) is 60.8 Å². The van der Waals surface area contributed by atoms with Crippen molar-refractivity contribution in [3.8, 4) is 5.69 Å². The Balaban J connectivity index is 1.30. The van der Waals surface area contributed by atoms with Crippen LogP contribution < -0.4 is 10.6 Å². The van der Waals surface area contributed by atoms with E-state index in [1.165, 1.54) is 55.9 Å². The summed E-state index contributed by atoms with van der Waals surface area (Å²) in [6.45, 7) is 7.13. The lowest BCUT2D eigenvalue weighted by atomic mass is 9.83. The molecule has 2 aliphatic heterocycles. The lowest BCUT2D eigenvalue weighted by molar-refractivity contribution is 0.0649. The zero-order valence-electron chi connectivity index (χ0n) is 19.1. The van der Waals surface area contributed by atoms with Gasteiger partial charge in [-0.2, -0.15) is 9.67 Å². The van der Waals surface area contributed by atoms with Crippen LogP contribution in [0.5, 0.6) is 0 Å². The fraction of sp³-hybridized carbons (Fsp3) is 0.522. The molecule has 0 unspecified atom stereocenters. The molecule has 2 aromatic heterocycles. The highest BCUT2D eigenvalue weighted by molar-refractivity contribution is 5.59. The summed E-state index contributed by atoms with van der Waals surface area (Å²) in [5.74, 6) is 2.02. The standard InChI is InChI=1S/C23H30FN9/c1-15-13-26-23(27-18-8-9-19(24)21(12-18)33-16(2)29-30-31-33)28-22(15)25-14-17-6-5-11-32-10-4-3-7-20(17)32/h8-9,12-13,17,20H,3-7,10-11,14H2,1-2H3,(H2,25,26,27,28)/t17-,20+/m0/s1. The number of hydrogen-bond acceptors (Lipinski definition) is 8. The Morgan fingerprint density at radius 1 is 1.12 bits per heavy atom. The number of hydrogen-bond donors (Lipinski definition) is 2. The minimum Gasteiger partial charge on any atom is -0.369 e. The van der Waals surface area contributed by atoms with Gasteiger partial charge >= 0.3 is 0 Å². The second kappa shape index (κ2) is 9.38. The molecule has 3 aromatic rings. The van der Waals surface area contributed by atoms with E-state index in [1.54, 1.807) is 25.3 Å². The van der Waals surface area contributed by atoms with Gasteiger partial charge in [-0.15, -0.1) is 5.10 Å². The average molecular weight is 452 g/mol. The minimum atomic E-state index is -0.410. The SMILES string of the molecule is Cc1cnc(Nc2ccc(F)c(-n3nnnc3C)c2)nc1NC[C@@H]1CCCN2CCCC[C@H]12. The zero-order chi connectivity index (χ0) is 22.8. The molecule has 1 aromatic carbocycles. The van der Waals surface area contributed by atoms with Crippen molar-refractivity contribution < 1.29 is 4.39 Å². The first-order chi connectivity index (χ1) is 16.1. The molecule has 2 saturated heterocycles. The molecule has 0 radical (unpaired) electrons. The molecule has 0 bridgehead atoms. The first kappa shape index (κ1) is 21.7. The van der Waals surface area contributed by atoms with Crippen LogP contribution in [0.25, 0.3) is 5.69 Å². The van der Waals surface area contributed by atoms with Gasteiger partial charge in [-0.3, -0.25) is 0 Å². The highest BCUT2D eigenvalue weighted by Crippen LogP contribution is 2.31. The second-order valence-corrected chi connectivity index (χ2v) is 9.04. The van der Waals surface area contributed by atoms with Crippen LogP contribution in [0.3, 0.4) is 0 Å². The molecule has 33 heavy (non-hydrogen) atoms. The van der Waals surface area contributed by atoms with E-state index < -0.39 is 5.82 Å². The van der Waals surface area contributed by atoms with Crippen molar-refractivity contribution in [2.75, 3.05) is 30.3 Å². The summed E-state index contributed by atoms with van der Waals surface area (Å²) in [6, 6.07) is 5.36. The topological polar surface area (TPSA) is 96.7 Å². The Hall–Kier alpha value is -3.14. The van der Waals surface area contributed by atoms with Gasteiger partial charge in [-0.05, 0) is 87.2 Å². The summed E-state index contributed by atoms with van der Waals surface area (Å²) in [5, 5.41) is 18.1. The van der Waals surface area contributed by atoms with Gasteiger partial charge in [0.05, 0.1) is 0 Å². The van der Waals surface area contributed by atoms with Crippen LogP contribution in [0.1, 0.15) is 43.5 Å².